The summed E-state index contributed by atoms with van der Waals surface area (Å²) in [6.45, 7) is 6.34. The standard InChI is InChI=1S/C77H126O6/c1-4-7-10-13-15-17-19-21-23-25-27-29-31-33-35-36-37-38-39-40-42-43-45-47-49-51-53-55-57-59-61-64-67-70-76(79)82-73-74(72-81-75(78)69-66-63-12-9-6-3)83-77(80)71-68-65-62-60-58-56-54-52-50-48-46-44-41-34-32-30-28-26-24-22-20-18-16-14-11-8-5-2/h7-8,10-11,15-18,21-24,27-30,33-35,37-38,40-42,74H,4-6,9,12-14,19-20,25-26,31-32,36,39,43-73H2,1-3H3/b10-7-,11-8-,17-15-,18-16-,23-21-,24-22-,29-27-,30-28-,35-33-,38-37-,41-34-,42-40-. The van der Waals surface area contributed by atoms with E-state index in [1.54, 1.807) is 0 Å². The van der Waals surface area contributed by atoms with Gasteiger partial charge in [0, 0.05) is 19.3 Å². The van der Waals surface area contributed by atoms with Crippen LogP contribution in [0.3, 0.4) is 0 Å². The van der Waals surface area contributed by atoms with E-state index in [2.05, 4.69) is 167 Å². The molecule has 0 N–H and O–H groups in total. The highest BCUT2D eigenvalue weighted by atomic mass is 16.6. The van der Waals surface area contributed by atoms with Gasteiger partial charge in [0.05, 0.1) is 0 Å². The zero-order valence-corrected chi connectivity index (χ0v) is 53.9. The minimum Gasteiger partial charge on any atom is -0.462 e. The van der Waals surface area contributed by atoms with Crippen LogP contribution in [0.1, 0.15) is 303 Å². The largest absolute Gasteiger partial charge is 0.462 e. The Labute approximate surface area is 512 Å². The first kappa shape index (κ1) is 78.3. The van der Waals surface area contributed by atoms with E-state index >= 15 is 0 Å². The van der Waals surface area contributed by atoms with Crippen molar-refractivity contribution < 1.29 is 28.6 Å². The lowest BCUT2D eigenvalue weighted by Crippen LogP contribution is -2.30. The maximum Gasteiger partial charge on any atom is 0.306 e. The first-order valence-corrected chi connectivity index (χ1v) is 34.3. The van der Waals surface area contributed by atoms with Gasteiger partial charge in [-0.15, -0.1) is 0 Å². The monoisotopic (exact) mass is 1150 g/mol. The van der Waals surface area contributed by atoms with Gasteiger partial charge in [-0.25, -0.2) is 0 Å². The second kappa shape index (κ2) is 69.8. The molecule has 0 spiro atoms. The quantitative estimate of drug-likeness (QED) is 0.0261. The zero-order valence-electron chi connectivity index (χ0n) is 53.9. The molecule has 0 fully saturated rings. The maximum atomic E-state index is 12.9. The number of carbonyl (C=O) groups is 3. The fraction of sp³-hybridized carbons (Fsp3) is 0.649. The summed E-state index contributed by atoms with van der Waals surface area (Å²) in [5, 5.41) is 0. The molecule has 470 valence electrons. The van der Waals surface area contributed by atoms with Crippen LogP contribution in [-0.4, -0.2) is 37.2 Å². The van der Waals surface area contributed by atoms with E-state index in [9.17, 15) is 14.4 Å². The Bertz CT molecular complexity index is 1800. The minimum absolute atomic E-state index is 0.0826. The first-order valence-electron chi connectivity index (χ1n) is 34.3. The highest BCUT2D eigenvalue weighted by Crippen LogP contribution is 2.16. The van der Waals surface area contributed by atoms with E-state index in [1.807, 2.05) is 0 Å². The summed E-state index contributed by atoms with van der Waals surface area (Å²) < 4.78 is 16.8. The molecular weight excluding hydrogens is 1020 g/mol. The summed E-state index contributed by atoms with van der Waals surface area (Å²) in [5.74, 6) is -0.899. The molecular formula is C77H126O6. The number of hydrogen-bond donors (Lipinski definition) is 0. The van der Waals surface area contributed by atoms with Crippen LogP contribution in [0.15, 0.2) is 146 Å². The van der Waals surface area contributed by atoms with Crippen LogP contribution in [-0.2, 0) is 28.6 Å². The Morgan fingerprint density at radius 2 is 0.470 bits per heavy atom. The van der Waals surface area contributed by atoms with Crippen molar-refractivity contribution in [2.24, 2.45) is 0 Å². The smallest absolute Gasteiger partial charge is 0.306 e. The molecule has 0 saturated heterocycles. The molecule has 6 nitrogen and oxygen atoms in total. The Morgan fingerprint density at radius 1 is 0.253 bits per heavy atom. The summed E-state index contributed by atoms with van der Waals surface area (Å²) in [6.07, 6.45) is 101. The number of hydrogen-bond acceptors (Lipinski definition) is 6. The zero-order chi connectivity index (χ0) is 59.9. The normalized spacial score (nSPS) is 13.0. The van der Waals surface area contributed by atoms with E-state index in [1.165, 1.54) is 122 Å². The van der Waals surface area contributed by atoms with Crippen molar-refractivity contribution in [2.45, 2.75) is 309 Å². The van der Waals surface area contributed by atoms with Crippen LogP contribution < -0.4 is 0 Å². The molecule has 0 aromatic rings. The Kier molecular flexibility index (Phi) is 65.8. The van der Waals surface area contributed by atoms with Gasteiger partial charge in [-0.05, 0) is 122 Å². The van der Waals surface area contributed by atoms with E-state index in [4.69, 9.17) is 14.2 Å². The number of rotatable bonds is 61. The van der Waals surface area contributed by atoms with Crippen molar-refractivity contribution >= 4 is 17.9 Å². The molecule has 0 aromatic heterocycles. The molecule has 1 atom stereocenters. The van der Waals surface area contributed by atoms with Gasteiger partial charge >= 0.3 is 17.9 Å². The molecule has 83 heavy (non-hydrogen) atoms. The van der Waals surface area contributed by atoms with Gasteiger partial charge in [0.25, 0.3) is 0 Å². The summed E-state index contributed by atoms with van der Waals surface area (Å²) in [7, 11) is 0. The molecule has 1 unspecified atom stereocenters. The van der Waals surface area contributed by atoms with Crippen molar-refractivity contribution in [3.8, 4) is 0 Å². The third-order valence-corrected chi connectivity index (χ3v) is 14.3. The fourth-order valence-corrected chi connectivity index (χ4v) is 9.27. The number of carbonyl (C=O) groups excluding carboxylic acids is 3. The predicted molar refractivity (Wildman–Crippen MR) is 362 cm³/mol. The van der Waals surface area contributed by atoms with Gasteiger partial charge in [0.15, 0.2) is 6.10 Å². The van der Waals surface area contributed by atoms with E-state index in [-0.39, 0.29) is 31.1 Å². The molecule has 0 heterocycles. The van der Waals surface area contributed by atoms with Gasteiger partial charge in [-0.2, -0.15) is 0 Å². The highest BCUT2D eigenvalue weighted by Gasteiger charge is 2.19. The molecule has 0 aliphatic heterocycles. The summed E-state index contributed by atoms with van der Waals surface area (Å²) >= 11 is 0. The second-order valence-electron chi connectivity index (χ2n) is 22.3. The summed E-state index contributed by atoms with van der Waals surface area (Å²) in [5.41, 5.74) is 0. The molecule has 0 saturated carbocycles. The summed E-state index contributed by atoms with van der Waals surface area (Å²) in [6, 6.07) is 0. The van der Waals surface area contributed by atoms with Crippen LogP contribution in [0.2, 0.25) is 0 Å². The molecule has 0 radical (unpaired) electrons. The second-order valence-corrected chi connectivity index (χ2v) is 22.3. The van der Waals surface area contributed by atoms with E-state index < -0.39 is 6.10 Å². The van der Waals surface area contributed by atoms with E-state index in [0.29, 0.717) is 19.3 Å². The van der Waals surface area contributed by atoms with Gasteiger partial charge in [-0.1, -0.05) is 308 Å². The number of allylic oxidation sites excluding steroid dienone is 24. The Balaban J connectivity index is 4.04. The maximum absolute atomic E-state index is 12.9. The molecule has 0 aliphatic carbocycles. The van der Waals surface area contributed by atoms with Crippen molar-refractivity contribution in [1.82, 2.24) is 0 Å². The van der Waals surface area contributed by atoms with Crippen molar-refractivity contribution in [2.75, 3.05) is 13.2 Å². The average molecular weight is 1150 g/mol. The first-order chi connectivity index (χ1) is 41.0. The average Bonchev–Trinajstić information content (AvgIpc) is 3.49. The van der Waals surface area contributed by atoms with Crippen LogP contribution >= 0.6 is 0 Å². The topological polar surface area (TPSA) is 78.9 Å². The number of ether oxygens (including phenoxy) is 3. The van der Waals surface area contributed by atoms with Crippen molar-refractivity contribution in [3.63, 3.8) is 0 Å². The molecule has 0 aromatic carbocycles. The Hall–Kier alpha value is -4.71. The van der Waals surface area contributed by atoms with Crippen LogP contribution in [0.25, 0.3) is 0 Å². The molecule has 0 rings (SSSR count). The highest BCUT2D eigenvalue weighted by molar-refractivity contribution is 5.71. The van der Waals surface area contributed by atoms with Crippen LogP contribution in [0.4, 0.5) is 0 Å². The number of unbranched alkanes of at least 4 members (excludes halogenated alkanes) is 26. The van der Waals surface area contributed by atoms with Gasteiger partial charge in [0.1, 0.15) is 13.2 Å². The van der Waals surface area contributed by atoms with Crippen molar-refractivity contribution in [1.29, 1.82) is 0 Å². The molecule has 0 amide bonds. The molecule has 0 bridgehead atoms. The minimum atomic E-state index is -0.782. The SMILES string of the molecule is CC/C=C\C/C=C\C/C=C\C/C=C\C/C=C\C/C=C\C/C=C\CCCCCCCCCCCCCC(=O)OCC(COC(=O)CCCCCCC)OC(=O)CCCCCCCCCCCCC/C=C\C/C=C\C/C=C\C/C=C\C/C=C\CC. The van der Waals surface area contributed by atoms with Crippen molar-refractivity contribution in [3.05, 3.63) is 146 Å². The number of esters is 3. The summed E-state index contributed by atoms with van der Waals surface area (Å²) in [4.78, 5) is 38.0. The van der Waals surface area contributed by atoms with Crippen LogP contribution in [0.5, 0.6) is 0 Å². The third-order valence-electron chi connectivity index (χ3n) is 14.3. The fourth-order valence-electron chi connectivity index (χ4n) is 9.27. The van der Waals surface area contributed by atoms with Gasteiger partial charge in [-0.3, -0.25) is 14.4 Å². The molecule has 0 aliphatic rings. The Morgan fingerprint density at radius 3 is 0.735 bits per heavy atom. The lowest BCUT2D eigenvalue weighted by Gasteiger charge is -2.18. The molecule has 6 heteroatoms. The lowest BCUT2D eigenvalue weighted by molar-refractivity contribution is -0.167. The third kappa shape index (κ3) is 68.0. The van der Waals surface area contributed by atoms with Gasteiger partial charge < -0.3 is 14.2 Å². The lowest BCUT2D eigenvalue weighted by atomic mass is 10.0. The van der Waals surface area contributed by atoms with Crippen LogP contribution in [0, 0.1) is 0 Å². The predicted octanol–water partition coefficient (Wildman–Crippen LogP) is 23.9. The van der Waals surface area contributed by atoms with Gasteiger partial charge in [0.2, 0.25) is 0 Å². The van der Waals surface area contributed by atoms with E-state index in [0.717, 1.165) is 141 Å².